The number of alkyl halides is 1. The van der Waals surface area contributed by atoms with Crippen LogP contribution in [0.2, 0.25) is 0 Å². The topological polar surface area (TPSA) is 60.8 Å². The molecule has 0 saturated carbocycles. The standard InChI is InChI=1S/C7H13FN4/c8-7(5-11-12-9)6-1-3-10-4-2-6/h6-7,10H,1-5H2. The summed E-state index contributed by atoms with van der Waals surface area (Å²) < 4.78 is 13.2. The van der Waals surface area contributed by atoms with Crippen LogP contribution in [0.4, 0.5) is 4.39 Å². The van der Waals surface area contributed by atoms with Crippen molar-refractivity contribution < 1.29 is 4.39 Å². The van der Waals surface area contributed by atoms with Gasteiger partial charge in [0.2, 0.25) is 0 Å². The molecule has 1 aliphatic heterocycles. The van der Waals surface area contributed by atoms with E-state index >= 15 is 0 Å². The van der Waals surface area contributed by atoms with Crippen molar-refractivity contribution in [3.8, 4) is 0 Å². The first-order valence-electron chi connectivity index (χ1n) is 4.20. The Hall–Kier alpha value is -0.800. The summed E-state index contributed by atoms with van der Waals surface area (Å²) >= 11 is 0. The lowest BCUT2D eigenvalue weighted by Crippen LogP contribution is -2.33. The molecule has 1 unspecified atom stereocenters. The van der Waals surface area contributed by atoms with Crippen molar-refractivity contribution in [2.24, 2.45) is 11.0 Å². The van der Waals surface area contributed by atoms with Gasteiger partial charge in [0.25, 0.3) is 0 Å². The molecule has 0 bridgehead atoms. The Morgan fingerprint density at radius 2 is 2.25 bits per heavy atom. The van der Waals surface area contributed by atoms with Gasteiger partial charge < -0.3 is 5.32 Å². The quantitative estimate of drug-likeness (QED) is 0.392. The first-order valence-corrected chi connectivity index (χ1v) is 4.20. The summed E-state index contributed by atoms with van der Waals surface area (Å²) in [5.41, 5.74) is 7.99. The second-order valence-electron chi connectivity index (χ2n) is 3.02. The third kappa shape index (κ3) is 2.68. The van der Waals surface area contributed by atoms with Gasteiger partial charge in [-0.1, -0.05) is 5.11 Å². The predicted octanol–water partition coefficient (Wildman–Crippen LogP) is 1.63. The molecule has 1 atom stereocenters. The second-order valence-corrected chi connectivity index (χ2v) is 3.02. The van der Waals surface area contributed by atoms with Crippen molar-refractivity contribution in [1.82, 2.24) is 5.32 Å². The highest BCUT2D eigenvalue weighted by atomic mass is 19.1. The Morgan fingerprint density at radius 3 is 2.83 bits per heavy atom. The zero-order valence-electron chi connectivity index (χ0n) is 6.91. The average molecular weight is 172 g/mol. The van der Waals surface area contributed by atoms with Gasteiger partial charge in [0, 0.05) is 4.91 Å². The highest BCUT2D eigenvalue weighted by molar-refractivity contribution is 4.76. The third-order valence-corrected chi connectivity index (χ3v) is 2.21. The molecular formula is C7H13FN4. The summed E-state index contributed by atoms with van der Waals surface area (Å²) in [4.78, 5) is 2.54. The molecule has 1 N–H and O–H groups in total. The fraction of sp³-hybridized carbons (Fsp3) is 1.00. The minimum absolute atomic E-state index is 0.0127. The molecule has 1 saturated heterocycles. The molecule has 0 radical (unpaired) electrons. The molecule has 1 rings (SSSR count). The molecule has 12 heavy (non-hydrogen) atoms. The van der Waals surface area contributed by atoms with E-state index in [0.717, 1.165) is 25.9 Å². The van der Waals surface area contributed by atoms with Gasteiger partial charge in [0.05, 0.1) is 6.54 Å². The summed E-state index contributed by atoms with van der Waals surface area (Å²) in [5.74, 6) is 0.0803. The number of hydrogen-bond donors (Lipinski definition) is 1. The van der Waals surface area contributed by atoms with Crippen LogP contribution in [0.5, 0.6) is 0 Å². The molecule has 1 fully saturated rings. The lowest BCUT2D eigenvalue weighted by Gasteiger charge is -2.24. The molecule has 1 aliphatic rings. The van der Waals surface area contributed by atoms with Crippen LogP contribution in [-0.2, 0) is 0 Å². The lowest BCUT2D eigenvalue weighted by molar-refractivity contribution is 0.194. The van der Waals surface area contributed by atoms with Crippen LogP contribution >= 0.6 is 0 Å². The van der Waals surface area contributed by atoms with E-state index in [0.29, 0.717) is 0 Å². The first kappa shape index (κ1) is 9.29. The Morgan fingerprint density at radius 1 is 1.58 bits per heavy atom. The van der Waals surface area contributed by atoms with E-state index in [1.165, 1.54) is 0 Å². The van der Waals surface area contributed by atoms with Crippen LogP contribution in [0.1, 0.15) is 12.8 Å². The van der Waals surface area contributed by atoms with Crippen molar-refractivity contribution in [2.75, 3.05) is 19.6 Å². The smallest absolute Gasteiger partial charge is 0.109 e. The predicted molar refractivity (Wildman–Crippen MR) is 44.5 cm³/mol. The van der Waals surface area contributed by atoms with E-state index in [9.17, 15) is 4.39 Å². The Labute approximate surface area is 70.8 Å². The van der Waals surface area contributed by atoms with Crippen molar-refractivity contribution in [2.45, 2.75) is 19.0 Å². The molecular weight excluding hydrogens is 159 g/mol. The van der Waals surface area contributed by atoms with Gasteiger partial charge in [0.1, 0.15) is 6.17 Å². The van der Waals surface area contributed by atoms with E-state index in [-0.39, 0.29) is 12.5 Å². The molecule has 0 amide bonds. The fourth-order valence-corrected chi connectivity index (χ4v) is 1.47. The normalized spacial score (nSPS) is 21.4. The molecule has 68 valence electrons. The maximum Gasteiger partial charge on any atom is 0.109 e. The van der Waals surface area contributed by atoms with Crippen molar-refractivity contribution in [1.29, 1.82) is 0 Å². The van der Waals surface area contributed by atoms with E-state index in [2.05, 4.69) is 15.3 Å². The van der Waals surface area contributed by atoms with Gasteiger partial charge in [-0.15, -0.1) is 0 Å². The molecule has 0 aliphatic carbocycles. The molecule has 5 heteroatoms. The number of rotatable bonds is 3. The van der Waals surface area contributed by atoms with Crippen LogP contribution in [0.25, 0.3) is 10.4 Å². The lowest BCUT2D eigenvalue weighted by atomic mass is 9.93. The molecule has 4 nitrogen and oxygen atoms in total. The van der Waals surface area contributed by atoms with Crippen LogP contribution in [0.3, 0.4) is 0 Å². The summed E-state index contributed by atoms with van der Waals surface area (Å²) in [6.45, 7) is 1.74. The SMILES string of the molecule is [N-]=[N+]=NCC(F)C1CCNCC1. The monoisotopic (exact) mass is 172 g/mol. The van der Waals surface area contributed by atoms with Gasteiger partial charge in [-0.25, -0.2) is 4.39 Å². The number of halogens is 1. The van der Waals surface area contributed by atoms with Crippen molar-refractivity contribution in [3.63, 3.8) is 0 Å². The minimum atomic E-state index is -0.956. The van der Waals surface area contributed by atoms with Gasteiger partial charge in [-0.05, 0) is 37.4 Å². The highest BCUT2D eigenvalue weighted by Gasteiger charge is 2.21. The van der Waals surface area contributed by atoms with Gasteiger partial charge in [-0.2, -0.15) is 0 Å². The number of hydrogen-bond acceptors (Lipinski definition) is 2. The number of piperidine rings is 1. The van der Waals surface area contributed by atoms with E-state index < -0.39 is 6.17 Å². The Kier molecular flexibility index (Phi) is 3.84. The second kappa shape index (κ2) is 4.95. The number of azide groups is 1. The van der Waals surface area contributed by atoms with Gasteiger partial charge >= 0.3 is 0 Å². The van der Waals surface area contributed by atoms with Crippen LogP contribution in [0, 0.1) is 5.92 Å². The zero-order chi connectivity index (χ0) is 8.81. The summed E-state index contributed by atoms with van der Waals surface area (Å²) in [5, 5.41) is 6.39. The third-order valence-electron chi connectivity index (χ3n) is 2.21. The zero-order valence-corrected chi connectivity index (χ0v) is 6.91. The Balaban J connectivity index is 2.28. The van der Waals surface area contributed by atoms with Crippen molar-refractivity contribution >= 4 is 0 Å². The fourth-order valence-electron chi connectivity index (χ4n) is 1.47. The first-order chi connectivity index (χ1) is 5.84. The molecule has 0 spiro atoms. The van der Waals surface area contributed by atoms with Gasteiger partial charge in [0.15, 0.2) is 0 Å². The van der Waals surface area contributed by atoms with E-state index in [1.807, 2.05) is 0 Å². The van der Waals surface area contributed by atoms with E-state index in [4.69, 9.17) is 5.53 Å². The molecule has 0 aromatic heterocycles. The Bertz CT molecular complexity index is 172. The summed E-state index contributed by atoms with van der Waals surface area (Å²) in [6.07, 6.45) is 0.743. The highest BCUT2D eigenvalue weighted by Crippen LogP contribution is 2.19. The maximum absolute atomic E-state index is 13.2. The minimum Gasteiger partial charge on any atom is -0.317 e. The molecule has 0 aromatic carbocycles. The average Bonchev–Trinajstić information content (AvgIpc) is 2.15. The molecule has 0 aromatic rings. The van der Waals surface area contributed by atoms with E-state index in [1.54, 1.807) is 0 Å². The molecule has 1 heterocycles. The number of nitrogens with one attached hydrogen (secondary N) is 1. The summed E-state index contributed by atoms with van der Waals surface area (Å²) in [7, 11) is 0. The van der Waals surface area contributed by atoms with Crippen LogP contribution in [-0.4, -0.2) is 25.8 Å². The summed E-state index contributed by atoms with van der Waals surface area (Å²) in [6, 6.07) is 0. The largest absolute Gasteiger partial charge is 0.317 e. The maximum atomic E-state index is 13.2. The van der Waals surface area contributed by atoms with Gasteiger partial charge in [-0.3, -0.25) is 0 Å². The number of nitrogens with zero attached hydrogens (tertiary/aromatic N) is 3. The van der Waals surface area contributed by atoms with Crippen LogP contribution < -0.4 is 5.32 Å². The van der Waals surface area contributed by atoms with Crippen molar-refractivity contribution in [3.05, 3.63) is 10.4 Å². The van der Waals surface area contributed by atoms with Crippen LogP contribution in [0.15, 0.2) is 5.11 Å².